The highest BCUT2D eigenvalue weighted by atomic mass is 16.5. The lowest BCUT2D eigenvalue weighted by Gasteiger charge is -2.30. The number of hydrogen-bond donors (Lipinski definition) is 3. The molecule has 108 valence electrons. The summed E-state index contributed by atoms with van der Waals surface area (Å²) in [6.45, 7) is 7.18. The van der Waals surface area contributed by atoms with Crippen LogP contribution in [-0.4, -0.2) is 36.1 Å². The topological polar surface area (TPSA) is 61.7 Å². The fourth-order valence-electron chi connectivity index (χ4n) is 2.09. The number of phenols is 1. The van der Waals surface area contributed by atoms with E-state index in [1.165, 1.54) is 0 Å². The molecule has 1 aromatic rings. The molecule has 0 saturated carbocycles. The normalized spacial score (nSPS) is 14.4. The Kier molecular flexibility index (Phi) is 5.79. The summed E-state index contributed by atoms with van der Waals surface area (Å²) in [6.07, 6.45) is 0.604. The first-order valence-electron chi connectivity index (χ1n) is 6.56. The van der Waals surface area contributed by atoms with E-state index in [1.807, 2.05) is 26.8 Å². The fourth-order valence-corrected chi connectivity index (χ4v) is 2.09. The summed E-state index contributed by atoms with van der Waals surface area (Å²) in [5.74, 6) is 0.305. The summed E-state index contributed by atoms with van der Waals surface area (Å²) in [7, 11) is 1.64. The molecule has 0 radical (unpaired) electrons. The van der Waals surface area contributed by atoms with E-state index < -0.39 is 0 Å². The van der Waals surface area contributed by atoms with Crippen molar-refractivity contribution in [3.63, 3.8) is 0 Å². The number of aryl methyl sites for hydroxylation is 2. The molecule has 4 heteroatoms. The zero-order valence-corrected chi connectivity index (χ0v) is 12.3. The quantitative estimate of drug-likeness (QED) is 0.706. The van der Waals surface area contributed by atoms with Gasteiger partial charge in [-0.3, -0.25) is 0 Å². The molecular weight excluding hydrogens is 242 g/mol. The van der Waals surface area contributed by atoms with Crippen molar-refractivity contribution in [2.45, 2.75) is 39.3 Å². The van der Waals surface area contributed by atoms with E-state index in [2.05, 4.69) is 5.32 Å². The molecule has 0 aromatic heterocycles. The second-order valence-electron chi connectivity index (χ2n) is 5.39. The number of aromatic hydroxyl groups is 1. The van der Waals surface area contributed by atoms with Crippen molar-refractivity contribution in [2.75, 3.05) is 20.3 Å². The van der Waals surface area contributed by atoms with E-state index in [0.717, 1.165) is 16.7 Å². The zero-order chi connectivity index (χ0) is 14.5. The van der Waals surface area contributed by atoms with Crippen LogP contribution in [-0.2, 0) is 11.3 Å². The minimum atomic E-state index is -0.297. The van der Waals surface area contributed by atoms with Crippen molar-refractivity contribution in [2.24, 2.45) is 0 Å². The molecule has 0 aliphatic carbocycles. The molecular formula is C15H25NO3. The van der Waals surface area contributed by atoms with Crippen LogP contribution in [0.3, 0.4) is 0 Å². The van der Waals surface area contributed by atoms with Crippen LogP contribution < -0.4 is 5.32 Å². The fraction of sp³-hybridized carbons (Fsp3) is 0.600. The van der Waals surface area contributed by atoms with Crippen molar-refractivity contribution in [3.05, 3.63) is 28.8 Å². The Morgan fingerprint density at radius 1 is 1.26 bits per heavy atom. The lowest BCUT2D eigenvalue weighted by Crippen LogP contribution is -2.46. The van der Waals surface area contributed by atoms with Gasteiger partial charge in [0.15, 0.2) is 0 Å². The van der Waals surface area contributed by atoms with E-state index in [9.17, 15) is 5.11 Å². The van der Waals surface area contributed by atoms with E-state index >= 15 is 0 Å². The molecule has 1 aromatic carbocycles. The van der Waals surface area contributed by atoms with Gasteiger partial charge in [0.05, 0.1) is 6.61 Å². The Hall–Kier alpha value is -1.10. The minimum absolute atomic E-state index is 0.103. The third kappa shape index (κ3) is 4.49. The number of rotatable bonds is 7. The third-order valence-corrected chi connectivity index (χ3v) is 3.53. The smallest absolute Gasteiger partial charge is 0.120 e. The lowest BCUT2D eigenvalue weighted by atomic mass is 9.98. The number of aliphatic hydroxyl groups excluding tert-OH is 1. The summed E-state index contributed by atoms with van der Waals surface area (Å²) in [6, 6.07) is 3.77. The molecule has 1 unspecified atom stereocenters. The number of phenolic OH excluding ortho intramolecular Hbond substituents is 1. The number of aliphatic hydroxyl groups is 1. The van der Waals surface area contributed by atoms with Gasteiger partial charge in [-0.15, -0.1) is 0 Å². The van der Waals surface area contributed by atoms with Gasteiger partial charge in [-0.2, -0.15) is 0 Å². The van der Waals surface area contributed by atoms with Crippen LogP contribution in [0.25, 0.3) is 0 Å². The van der Waals surface area contributed by atoms with E-state index in [0.29, 0.717) is 25.3 Å². The maximum atomic E-state index is 9.95. The van der Waals surface area contributed by atoms with Crippen molar-refractivity contribution in [1.82, 2.24) is 5.32 Å². The second kappa shape index (κ2) is 6.89. The van der Waals surface area contributed by atoms with E-state index in [4.69, 9.17) is 9.84 Å². The Balaban J connectivity index is 2.76. The molecule has 0 amide bonds. The second-order valence-corrected chi connectivity index (χ2v) is 5.39. The van der Waals surface area contributed by atoms with Crippen LogP contribution >= 0.6 is 0 Å². The number of ether oxygens (including phenoxy) is 1. The Bertz CT molecular complexity index is 412. The van der Waals surface area contributed by atoms with Crippen LogP contribution in [0.4, 0.5) is 0 Å². The van der Waals surface area contributed by atoms with Gasteiger partial charge in [-0.25, -0.2) is 0 Å². The summed E-state index contributed by atoms with van der Waals surface area (Å²) in [4.78, 5) is 0. The molecule has 0 heterocycles. The van der Waals surface area contributed by atoms with Gasteiger partial charge in [0.25, 0.3) is 0 Å². The predicted octanol–water partition coefficient (Wildman–Crippen LogP) is 1.89. The predicted molar refractivity (Wildman–Crippen MR) is 76.4 cm³/mol. The van der Waals surface area contributed by atoms with Gasteiger partial charge < -0.3 is 20.3 Å². The van der Waals surface area contributed by atoms with Gasteiger partial charge in [0, 0.05) is 31.4 Å². The molecule has 0 aliphatic rings. The monoisotopic (exact) mass is 267 g/mol. The summed E-state index contributed by atoms with van der Waals surface area (Å²) >= 11 is 0. The van der Waals surface area contributed by atoms with Gasteiger partial charge >= 0.3 is 0 Å². The first-order chi connectivity index (χ1) is 8.91. The average molecular weight is 267 g/mol. The van der Waals surface area contributed by atoms with Gasteiger partial charge in [0.2, 0.25) is 0 Å². The highest BCUT2D eigenvalue weighted by Crippen LogP contribution is 2.22. The molecule has 1 atom stereocenters. The molecule has 0 fully saturated rings. The average Bonchev–Trinajstić information content (AvgIpc) is 2.33. The van der Waals surface area contributed by atoms with E-state index in [1.54, 1.807) is 13.2 Å². The summed E-state index contributed by atoms with van der Waals surface area (Å²) < 4.78 is 5.18. The molecule has 0 saturated heterocycles. The Labute approximate surface area is 115 Å². The number of benzene rings is 1. The molecule has 0 spiro atoms. The number of methoxy groups -OCH3 is 1. The molecule has 4 nitrogen and oxygen atoms in total. The van der Waals surface area contributed by atoms with Crippen molar-refractivity contribution in [3.8, 4) is 5.75 Å². The summed E-state index contributed by atoms with van der Waals surface area (Å²) in [5, 5.41) is 22.4. The number of hydrogen-bond acceptors (Lipinski definition) is 4. The molecule has 3 N–H and O–H groups in total. The maximum Gasteiger partial charge on any atom is 0.120 e. The van der Waals surface area contributed by atoms with Crippen LogP contribution in [0.5, 0.6) is 5.75 Å². The SMILES string of the molecule is COCC(C)(CCO)NCc1cc(C)c(C)cc1O. The van der Waals surface area contributed by atoms with Crippen molar-refractivity contribution >= 4 is 0 Å². The van der Waals surface area contributed by atoms with Crippen molar-refractivity contribution in [1.29, 1.82) is 0 Å². The molecule has 1 rings (SSSR count). The van der Waals surface area contributed by atoms with Crippen LogP contribution in [0.2, 0.25) is 0 Å². The van der Waals surface area contributed by atoms with Gasteiger partial charge in [-0.1, -0.05) is 6.07 Å². The maximum absolute atomic E-state index is 9.95. The first kappa shape index (κ1) is 16.0. The highest BCUT2D eigenvalue weighted by Gasteiger charge is 2.23. The summed E-state index contributed by atoms with van der Waals surface area (Å²) in [5.41, 5.74) is 2.80. The van der Waals surface area contributed by atoms with Crippen molar-refractivity contribution < 1.29 is 14.9 Å². The van der Waals surface area contributed by atoms with Crippen LogP contribution in [0.15, 0.2) is 12.1 Å². The Morgan fingerprint density at radius 3 is 2.47 bits per heavy atom. The first-order valence-corrected chi connectivity index (χ1v) is 6.56. The largest absolute Gasteiger partial charge is 0.508 e. The number of nitrogens with one attached hydrogen (secondary N) is 1. The standard InChI is InChI=1S/C15H25NO3/c1-11-7-13(14(18)8-12(11)2)9-16-15(3,5-6-17)10-19-4/h7-8,16-18H,5-6,9-10H2,1-4H3. The highest BCUT2D eigenvalue weighted by molar-refractivity contribution is 5.40. The Morgan fingerprint density at radius 2 is 1.89 bits per heavy atom. The zero-order valence-electron chi connectivity index (χ0n) is 12.3. The molecule has 0 bridgehead atoms. The third-order valence-electron chi connectivity index (χ3n) is 3.53. The minimum Gasteiger partial charge on any atom is -0.508 e. The van der Waals surface area contributed by atoms with Gasteiger partial charge in [-0.05, 0) is 44.4 Å². The lowest BCUT2D eigenvalue weighted by molar-refractivity contribution is 0.0968. The van der Waals surface area contributed by atoms with Crippen LogP contribution in [0.1, 0.15) is 30.0 Å². The van der Waals surface area contributed by atoms with Gasteiger partial charge in [0.1, 0.15) is 5.75 Å². The molecule has 0 aliphatic heterocycles. The van der Waals surface area contributed by atoms with E-state index in [-0.39, 0.29) is 12.1 Å². The van der Waals surface area contributed by atoms with Crippen LogP contribution in [0, 0.1) is 13.8 Å². The molecule has 19 heavy (non-hydrogen) atoms.